The number of aliphatic imine (C=N–C) groups is 1. The van der Waals surface area contributed by atoms with Gasteiger partial charge >= 0.3 is 0 Å². The number of nitrogens with zero attached hydrogens (tertiary/aromatic N) is 2. The lowest BCUT2D eigenvalue weighted by Gasteiger charge is -2.33. The summed E-state index contributed by atoms with van der Waals surface area (Å²) in [4.78, 5) is 6.71. The Morgan fingerprint density at radius 1 is 1.39 bits per heavy atom. The first kappa shape index (κ1) is 15.2. The number of ether oxygens (including phenoxy) is 1. The maximum absolute atomic E-state index is 5.57. The van der Waals surface area contributed by atoms with E-state index in [0.29, 0.717) is 6.04 Å². The number of hydrogen-bond acceptors (Lipinski definition) is 3. The van der Waals surface area contributed by atoms with E-state index in [2.05, 4.69) is 22.4 Å². The molecule has 0 aliphatic heterocycles. The molecule has 0 unspecified atom stereocenters. The van der Waals surface area contributed by atoms with Crippen molar-refractivity contribution in [2.75, 3.05) is 26.8 Å². The Morgan fingerprint density at radius 3 is 2.72 bits per heavy atom. The van der Waals surface area contributed by atoms with Crippen molar-refractivity contribution >= 4 is 5.96 Å². The summed E-state index contributed by atoms with van der Waals surface area (Å²) >= 11 is 0. The Labute approximate surface area is 111 Å². The van der Waals surface area contributed by atoms with Gasteiger partial charge in [0.15, 0.2) is 0 Å². The van der Waals surface area contributed by atoms with Crippen LogP contribution in [-0.4, -0.2) is 43.7 Å². The molecule has 1 aliphatic rings. The first-order chi connectivity index (χ1) is 8.79. The number of hydrogen-bond donors (Lipinski definition) is 2. The van der Waals surface area contributed by atoms with E-state index in [1.165, 1.54) is 32.1 Å². The van der Waals surface area contributed by atoms with E-state index in [4.69, 9.17) is 10.6 Å². The van der Waals surface area contributed by atoms with Crippen LogP contribution in [0.2, 0.25) is 0 Å². The van der Waals surface area contributed by atoms with E-state index in [9.17, 15) is 0 Å². The van der Waals surface area contributed by atoms with Gasteiger partial charge in [-0.05, 0) is 26.2 Å². The lowest BCUT2D eigenvalue weighted by molar-refractivity contribution is 0.146. The second-order valence-corrected chi connectivity index (χ2v) is 4.80. The number of nitrogens with two attached hydrogens (primary N) is 1. The van der Waals surface area contributed by atoms with Crippen LogP contribution in [0.25, 0.3) is 0 Å². The minimum Gasteiger partial charge on any atom is -0.382 e. The molecular weight excluding hydrogens is 228 g/mol. The van der Waals surface area contributed by atoms with Gasteiger partial charge in [0.05, 0.1) is 0 Å². The molecule has 1 fully saturated rings. The van der Waals surface area contributed by atoms with Crippen LogP contribution in [0.15, 0.2) is 4.99 Å². The third-order valence-electron chi connectivity index (χ3n) is 3.50. The van der Waals surface area contributed by atoms with Crippen molar-refractivity contribution in [2.45, 2.75) is 51.5 Å². The van der Waals surface area contributed by atoms with Gasteiger partial charge in [0.1, 0.15) is 0 Å². The summed E-state index contributed by atoms with van der Waals surface area (Å²) in [5.41, 5.74) is 2.73. The molecule has 0 aromatic carbocycles. The fourth-order valence-electron chi connectivity index (χ4n) is 2.40. The molecule has 0 radical (unpaired) electrons. The quantitative estimate of drug-likeness (QED) is 0.248. The van der Waals surface area contributed by atoms with Crippen molar-refractivity contribution in [3.8, 4) is 0 Å². The molecular formula is C13H28N4O. The minimum atomic E-state index is 0.584. The molecule has 5 nitrogen and oxygen atoms in total. The molecule has 0 aromatic heterocycles. The molecule has 0 saturated heterocycles. The van der Waals surface area contributed by atoms with Gasteiger partial charge in [-0.2, -0.15) is 0 Å². The average Bonchev–Trinajstić information content (AvgIpc) is 2.43. The van der Waals surface area contributed by atoms with Gasteiger partial charge in [0.2, 0.25) is 5.96 Å². The molecule has 0 atom stereocenters. The zero-order chi connectivity index (χ0) is 13.2. The molecule has 1 saturated carbocycles. The fourth-order valence-corrected chi connectivity index (χ4v) is 2.40. The SMILES string of the molecule is CCOCCCN=C(NN)N(C)C1CCCCC1. The molecule has 0 aromatic rings. The van der Waals surface area contributed by atoms with Gasteiger partial charge < -0.3 is 9.64 Å². The highest BCUT2D eigenvalue weighted by Crippen LogP contribution is 2.21. The van der Waals surface area contributed by atoms with Crippen molar-refractivity contribution in [1.82, 2.24) is 10.3 Å². The van der Waals surface area contributed by atoms with Crippen LogP contribution < -0.4 is 11.3 Å². The van der Waals surface area contributed by atoms with Gasteiger partial charge in [-0.25, -0.2) is 5.84 Å². The van der Waals surface area contributed by atoms with Crippen molar-refractivity contribution in [1.29, 1.82) is 0 Å². The summed E-state index contributed by atoms with van der Waals surface area (Å²) in [5, 5.41) is 0. The Morgan fingerprint density at radius 2 is 2.11 bits per heavy atom. The zero-order valence-electron chi connectivity index (χ0n) is 11.8. The van der Waals surface area contributed by atoms with Crippen LogP contribution in [0, 0.1) is 0 Å². The van der Waals surface area contributed by atoms with Crippen LogP contribution in [-0.2, 0) is 4.74 Å². The molecule has 1 aliphatic carbocycles. The summed E-state index contributed by atoms with van der Waals surface area (Å²) in [7, 11) is 2.08. The molecule has 18 heavy (non-hydrogen) atoms. The minimum absolute atomic E-state index is 0.584. The molecule has 5 heteroatoms. The molecule has 0 spiro atoms. The van der Waals surface area contributed by atoms with Gasteiger partial charge in [-0.3, -0.25) is 10.4 Å². The lowest BCUT2D eigenvalue weighted by Crippen LogP contribution is -2.48. The van der Waals surface area contributed by atoms with E-state index in [1.54, 1.807) is 0 Å². The first-order valence-electron chi connectivity index (χ1n) is 7.11. The normalized spacial score (nSPS) is 17.8. The second kappa shape index (κ2) is 9.16. The number of guanidine groups is 1. The van der Waals surface area contributed by atoms with Gasteiger partial charge in [0.25, 0.3) is 0 Å². The van der Waals surface area contributed by atoms with Crippen LogP contribution in [0.4, 0.5) is 0 Å². The highest BCUT2D eigenvalue weighted by Gasteiger charge is 2.20. The Hall–Kier alpha value is -0.810. The Balaban J connectivity index is 2.35. The van der Waals surface area contributed by atoms with Gasteiger partial charge in [-0.15, -0.1) is 0 Å². The number of nitrogens with one attached hydrogen (secondary N) is 1. The summed E-state index contributed by atoms with van der Waals surface area (Å²) in [6.45, 7) is 4.31. The largest absolute Gasteiger partial charge is 0.382 e. The Kier molecular flexibility index (Phi) is 7.76. The lowest BCUT2D eigenvalue weighted by atomic mass is 9.95. The van der Waals surface area contributed by atoms with E-state index < -0.39 is 0 Å². The number of hydrazine groups is 1. The second-order valence-electron chi connectivity index (χ2n) is 4.80. The van der Waals surface area contributed by atoms with E-state index in [-0.39, 0.29) is 0 Å². The fraction of sp³-hybridized carbons (Fsp3) is 0.923. The van der Waals surface area contributed by atoms with Gasteiger partial charge in [0, 0.05) is 32.8 Å². The maximum atomic E-state index is 5.57. The monoisotopic (exact) mass is 256 g/mol. The smallest absolute Gasteiger partial charge is 0.208 e. The van der Waals surface area contributed by atoms with E-state index in [1.807, 2.05) is 6.92 Å². The standard InChI is InChI=1S/C13H28N4O/c1-3-18-11-7-10-15-13(16-14)17(2)12-8-5-4-6-9-12/h12H,3-11,14H2,1-2H3,(H,15,16). The molecule has 0 heterocycles. The highest BCUT2D eigenvalue weighted by molar-refractivity contribution is 5.79. The summed E-state index contributed by atoms with van der Waals surface area (Å²) in [6.07, 6.45) is 7.43. The summed E-state index contributed by atoms with van der Waals surface area (Å²) < 4.78 is 5.29. The molecule has 3 N–H and O–H groups in total. The van der Waals surface area contributed by atoms with Crippen LogP contribution in [0.1, 0.15) is 45.4 Å². The van der Waals surface area contributed by atoms with Crippen molar-refractivity contribution in [2.24, 2.45) is 10.8 Å². The third kappa shape index (κ3) is 5.23. The molecule has 0 amide bonds. The topological polar surface area (TPSA) is 62.9 Å². The number of rotatable bonds is 6. The Bertz CT molecular complexity index is 239. The summed E-state index contributed by atoms with van der Waals surface area (Å²) in [6, 6.07) is 0.584. The van der Waals surface area contributed by atoms with Crippen molar-refractivity contribution < 1.29 is 4.74 Å². The predicted octanol–water partition coefficient (Wildman–Crippen LogP) is 1.50. The summed E-state index contributed by atoms with van der Waals surface area (Å²) in [5.74, 6) is 6.37. The van der Waals surface area contributed by atoms with Crippen LogP contribution in [0.3, 0.4) is 0 Å². The van der Waals surface area contributed by atoms with Crippen LogP contribution >= 0.6 is 0 Å². The third-order valence-corrected chi connectivity index (χ3v) is 3.50. The molecule has 0 bridgehead atoms. The maximum Gasteiger partial charge on any atom is 0.208 e. The molecule has 1 rings (SSSR count). The van der Waals surface area contributed by atoms with E-state index >= 15 is 0 Å². The average molecular weight is 256 g/mol. The molecule has 106 valence electrons. The van der Waals surface area contributed by atoms with Crippen LogP contribution in [0.5, 0.6) is 0 Å². The van der Waals surface area contributed by atoms with Gasteiger partial charge in [-0.1, -0.05) is 19.3 Å². The predicted molar refractivity (Wildman–Crippen MR) is 75.4 cm³/mol. The van der Waals surface area contributed by atoms with E-state index in [0.717, 1.165) is 32.1 Å². The highest BCUT2D eigenvalue weighted by atomic mass is 16.5. The zero-order valence-corrected chi connectivity index (χ0v) is 11.8. The first-order valence-corrected chi connectivity index (χ1v) is 7.11. The van der Waals surface area contributed by atoms with Crippen molar-refractivity contribution in [3.63, 3.8) is 0 Å². The van der Waals surface area contributed by atoms with Crippen molar-refractivity contribution in [3.05, 3.63) is 0 Å².